The van der Waals surface area contributed by atoms with Crippen molar-refractivity contribution < 1.29 is 17.9 Å². The standard InChI is InChI=1S/C18H17F3N4O/c1-3-12-10-26-17(15-6-4-5-7-23-15)25(12)16-8-14(18(19,20)21)13(9-22)11(2)24-16/h4-8,12,17H,3,10H2,1-2H3. The Labute approximate surface area is 149 Å². The van der Waals surface area contributed by atoms with Gasteiger partial charge in [-0.1, -0.05) is 13.0 Å². The highest BCUT2D eigenvalue weighted by molar-refractivity contribution is 5.53. The van der Waals surface area contributed by atoms with Crippen LogP contribution in [0, 0.1) is 18.3 Å². The Morgan fingerprint density at radius 1 is 1.38 bits per heavy atom. The fourth-order valence-corrected chi connectivity index (χ4v) is 3.08. The molecule has 1 saturated heterocycles. The highest BCUT2D eigenvalue weighted by Gasteiger charge is 2.40. The number of aryl methyl sites for hydroxylation is 1. The van der Waals surface area contributed by atoms with Crippen LogP contribution in [-0.4, -0.2) is 22.6 Å². The van der Waals surface area contributed by atoms with E-state index in [0.29, 0.717) is 18.7 Å². The Morgan fingerprint density at radius 2 is 2.15 bits per heavy atom. The van der Waals surface area contributed by atoms with Crippen LogP contribution < -0.4 is 4.90 Å². The molecule has 3 heterocycles. The quantitative estimate of drug-likeness (QED) is 0.826. The monoisotopic (exact) mass is 362 g/mol. The van der Waals surface area contributed by atoms with Gasteiger partial charge in [-0.2, -0.15) is 18.4 Å². The van der Waals surface area contributed by atoms with E-state index in [0.717, 1.165) is 6.07 Å². The molecule has 2 aromatic heterocycles. The Hall–Kier alpha value is -2.66. The van der Waals surface area contributed by atoms with Gasteiger partial charge in [-0.3, -0.25) is 4.98 Å². The summed E-state index contributed by atoms with van der Waals surface area (Å²) in [5.41, 5.74) is -0.799. The molecule has 0 radical (unpaired) electrons. The molecule has 0 amide bonds. The SMILES string of the molecule is CCC1COC(c2ccccn2)N1c1cc(C(F)(F)F)c(C#N)c(C)n1. The summed E-state index contributed by atoms with van der Waals surface area (Å²) in [6.07, 6.45) is -2.99. The van der Waals surface area contributed by atoms with Crippen molar-refractivity contribution in [1.29, 1.82) is 5.26 Å². The number of nitriles is 1. The summed E-state index contributed by atoms with van der Waals surface area (Å²) in [6, 6.07) is 7.72. The van der Waals surface area contributed by atoms with Crippen LogP contribution in [0.1, 0.15) is 42.1 Å². The smallest absolute Gasteiger partial charge is 0.350 e. The predicted octanol–water partition coefficient (Wildman–Crippen LogP) is 3.99. The second-order valence-electron chi connectivity index (χ2n) is 6.01. The van der Waals surface area contributed by atoms with Crippen molar-refractivity contribution in [3.63, 3.8) is 0 Å². The Kier molecular flexibility index (Phi) is 4.83. The summed E-state index contributed by atoms with van der Waals surface area (Å²) < 4.78 is 46.1. The molecule has 0 aromatic carbocycles. The second kappa shape index (κ2) is 6.92. The maximum atomic E-state index is 13.4. The topological polar surface area (TPSA) is 62.0 Å². The van der Waals surface area contributed by atoms with E-state index < -0.39 is 23.5 Å². The van der Waals surface area contributed by atoms with Crippen LogP contribution in [0.15, 0.2) is 30.5 Å². The zero-order chi connectivity index (χ0) is 18.9. The van der Waals surface area contributed by atoms with Gasteiger partial charge in [0.25, 0.3) is 0 Å². The van der Waals surface area contributed by atoms with Crippen LogP contribution in [-0.2, 0) is 10.9 Å². The molecular formula is C18H17F3N4O. The average Bonchev–Trinajstić information content (AvgIpc) is 3.05. The second-order valence-corrected chi connectivity index (χ2v) is 6.01. The molecule has 5 nitrogen and oxygen atoms in total. The third kappa shape index (κ3) is 3.22. The number of pyridine rings is 2. The van der Waals surface area contributed by atoms with Crippen LogP contribution in [0.4, 0.5) is 19.0 Å². The highest BCUT2D eigenvalue weighted by Crippen LogP contribution is 2.39. The van der Waals surface area contributed by atoms with E-state index in [1.165, 1.54) is 6.92 Å². The van der Waals surface area contributed by atoms with Crippen LogP contribution in [0.2, 0.25) is 0 Å². The zero-order valence-electron chi connectivity index (χ0n) is 14.3. The predicted molar refractivity (Wildman–Crippen MR) is 88.2 cm³/mol. The minimum absolute atomic E-state index is 0.0406. The summed E-state index contributed by atoms with van der Waals surface area (Å²) in [5.74, 6) is 0.133. The van der Waals surface area contributed by atoms with Crippen molar-refractivity contribution in [1.82, 2.24) is 9.97 Å². The Morgan fingerprint density at radius 3 is 2.73 bits per heavy atom. The van der Waals surface area contributed by atoms with Gasteiger partial charge in [-0.05, 0) is 31.5 Å². The molecule has 2 aromatic rings. The summed E-state index contributed by atoms with van der Waals surface area (Å²) in [6.45, 7) is 3.70. The van der Waals surface area contributed by atoms with Crippen molar-refractivity contribution in [2.24, 2.45) is 0 Å². The van der Waals surface area contributed by atoms with E-state index in [9.17, 15) is 13.2 Å². The number of hydrogen-bond acceptors (Lipinski definition) is 5. The number of hydrogen-bond donors (Lipinski definition) is 0. The number of aromatic nitrogens is 2. The van der Waals surface area contributed by atoms with Crippen LogP contribution >= 0.6 is 0 Å². The van der Waals surface area contributed by atoms with E-state index in [1.807, 2.05) is 6.92 Å². The van der Waals surface area contributed by atoms with Gasteiger partial charge in [-0.25, -0.2) is 4.98 Å². The first-order valence-corrected chi connectivity index (χ1v) is 8.16. The van der Waals surface area contributed by atoms with Crippen molar-refractivity contribution in [3.05, 3.63) is 53.0 Å². The number of halogens is 3. The van der Waals surface area contributed by atoms with E-state index in [1.54, 1.807) is 35.4 Å². The molecule has 0 saturated carbocycles. The lowest BCUT2D eigenvalue weighted by Gasteiger charge is -2.29. The molecule has 26 heavy (non-hydrogen) atoms. The third-order valence-corrected chi connectivity index (χ3v) is 4.37. The molecule has 1 aliphatic heterocycles. The fourth-order valence-electron chi connectivity index (χ4n) is 3.08. The molecular weight excluding hydrogens is 345 g/mol. The lowest BCUT2D eigenvalue weighted by molar-refractivity contribution is -0.137. The zero-order valence-corrected chi connectivity index (χ0v) is 14.3. The number of alkyl halides is 3. The molecule has 0 aliphatic carbocycles. The summed E-state index contributed by atoms with van der Waals surface area (Å²) in [7, 11) is 0. The van der Waals surface area contributed by atoms with E-state index in [2.05, 4.69) is 9.97 Å². The maximum absolute atomic E-state index is 13.4. The first-order valence-electron chi connectivity index (χ1n) is 8.16. The lowest BCUT2D eigenvalue weighted by atomic mass is 10.1. The van der Waals surface area contributed by atoms with E-state index >= 15 is 0 Å². The van der Waals surface area contributed by atoms with Crippen molar-refractivity contribution in [2.45, 2.75) is 38.7 Å². The fraction of sp³-hybridized carbons (Fsp3) is 0.389. The van der Waals surface area contributed by atoms with Gasteiger partial charge in [0.15, 0.2) is 6.23 Å². The van der Waals surface area contributed by atoms with Crippen molar-refractivity contribution >= 4 is 5.82 Å². The van der Waals surface area contributed by atoms with Crippen molar-refractivity contribution in [2.75, 3.05) is 11.5 Å². The van der Waals surface area contributed by atoms with Crippen LogP contribution in [0.3, 0.4) is 0 Å². The van der Waals surface area contributed by atoms with Crippen molar-refractivity contribution in [3.8, 4) is 6.07 Å². The highest BCUT2D eigenvalue weighted by atomic mass is 19.4. The van der Waals surface area contributed by atoms with Gasteiger partial charge in [0.1, 0.15) is 11.9 Å². The molecule has 3 rings (SSSR count). The van der Waals surface area contributed by atoms with Gasteiger partial charge < -0.3 is 9.64 Å². The normalized spacial score (nSPS) is 20.2. The molecule has 1 aliphatic rings. The number of ether oxygens (including phenoxy) is 1. The summed E-state index contributed by atoms with van der Waals surface area (Å²) in [4.78, 5) is 10.2. The largest absolute Gasteiger partial charge is 0.417 e. The summed E-state index contributed by atoms with van der Waals surface area (Å²) in [5, 5.41) is 9.11. The Balaban J connectivity index is 2.13. The van der Waals surface area contributed by atoms with Gasteiger partial charge in [0, 0.05) is 6.20 Å². The minimum atomic E-state index is -4.64. The molecule has 0 bridgehead atoms. The Bertz CT molecular complexity index is 833. The molecule has 1 fully saturated rings. The minimum Gasteiger partial charge on any atom is -0.350 e. The molecule has 2 atom stereocenters. The number of nitrogens with zero attached hydrogens (tertiary/aromatic N) is 4. The first-order chi connectivity index (χ1) is 12.4. The van der Waals surface area contributed by atoms with Gasteiger partial charge >= 0.3 is 6.18 Å². The van der Waals surface area contributed by atoms with Gasteiger partial charge in [0.05, 0.1) is 35.2 Å². The molecule has 2 unspecified atom stereocenters. The molecule has 0 spiro atoms. The third-order valence-electron chi connectivity index (χ3n) is 4.37. The van der Waals surface area contributed by atoms with Gasteiger partial charge in [0.2, 0.25) is 0 Å². The number of anilines is 1. The molecule has 0 N–H and O–H groups in total. The number of rotatable bonds is 3. The summed E-state index contributed by atoms with van der Waals surface area (Å²) >= 11 is 0. The molecule has 136 valence electrons. The van der Waals surface area contributed by atoms with E-state index in [4.69, 9.17) is 10.00 Å². The van der Waals surface area contributed by atoms with E-state index in [-0.39, 0.29) is 17.6 Å². The van der Waals surface area contributed by atoms with Crippen LogP contribution in [0.25, 0.3) is 0 Å². The first kappa shape index (κ1) is 18.1. The average molecular weight is 362 g/mol. The van der Waals surface area contributed by atoms with Gasteiger partial charge in [-0.15, -0.1) is 0 Å². The van der Waals surface area contributed by atoms with Crippen LogP contribution in [0.5, 0.6) is 0 Å². The molecule has 8 heteroatoms. The lowest BCUT2D eigenvalue weighted by Crippen LogP contribution is -2.34. The maximum Gasteiger partial charge on any atom is 0.417 e.